The molecule has 0 aliphatic heterocycles. The third-order valence-corrected chi connectivity index (χ3v) is 2.61. The van der Waals surface area contributed by atoms with Crippen LogP contribution in [-0.2, 0) is 0 Å². The van der Waals surface area contributed by atoms with Crippen molar-refractivity contribution in [2.75, 3.05) is 6.54 Å². The Labute approximate surface area is 101 Å². The average Bonchev–Trinajstić information content (AvgIpc) is 1.95. The maximum absolute atomic E-state index is 5.37. The molecule has 0 unspecified atom stereocenters. The van der Waals surface area contributed by atoms with E-state index in [0.717, 1.165) is 12.3 Å². The van der Waals surface area contributed by atoms with E-state index in [4.69, 9.17) is 11.5 Å². The van der Waals surface area contributed by atoms with Crippen molar-refractivity contribution >= 4 is 5.96 Å². The van der Waals surface area contributed by atoms with E-state index in [1.54, 1.807) is 0 Å². The summed E-state index contributed by atoms with van der Waals surface area (Å²) in [7, 11) is 0. The van der Waals surface area contributed by atoms with E-state index in [-0.39, 0.29) is 11.4 Å². The zero-order valence-electron chi connectivity index (χ0n) is 11.8. The Morgan fingerprint density at radius 3 is 1.94 bits per heavy atom. The molecule has 0 heterocycles. The summed E-state index contributed by atoms with van der Waals surface area (Å²) in [5.74, 6) is 0.920. The summed E-state index contributed by atoms with van der Waals surface area (Å²) in [6, 6.07) is 0. The lowest BCUT2D eigenvalue weighted by atomic mass is 9.71. The lowest BCUT2D eigenvalue weighted by Gasteiger charge is -2.35. The number of nitrogens with zero attached hydrogens (tertiary/aromatic N) is 1. The molecule has 0 rings (SSSR count). The quantitative estimate of drug-likeness (QED) is 0.541. The fourth-order valence-electron chi connectivity index (χ4n) is 2.83. The van der Waals surface area contributed by atoms with Crippen LogP contribution in [0.5, 0.6) is 0 Å². The second-order valence-electron chi connectivity index (χ2n) is 6.84. The van der Waals surface area contributed by atoms with E-state index in [2.05, 4.69) is 46.5 Å². The van der Waals surface area contributed by atoms with Crippen LogP contribution in [0, 0.1) is 16.7 Å². The summed E-state index contributed by atoms with van der Waals surface area (Å²) >= 11 is 0. The molecule has 0 atom stereocenters. The Morgan fingerprint density at radius 1 is 1.06 bits per heavy atom. The van der Waals surface area contributed by atoms with Gasteiger partial charge in [-0.05, 0) is 29.6 Å². The van der Waals surface area contributed by atoms with Gasteiger partial charge in [-0.15, -0.1) is 0 Å². The largest absolute Gasteiger partial charge is 0.370 e. The first-order valence-electron chi connectivity index (χ1n) is 6.09. The van der Waals surface area contributed by atoms with Crippen molar-refractivity contribution in [2.24, 2.45) is 33.2 Å². The number of guanidine groups is 1. The monoisotopic (exact) mass is 227 g/mol. The highest BCUT2D eigenvalue weighted by Gasteiger charge is 2.29. The topological polar surface area (TPSA) is 64.4 Å². The van der Waals surface area contributed by atoms with Gasteiger partial charge in [-0.25, -0.2) is 0 Å². The van der Waals surface area contributed by atoms with Crippen molar-refractivity contribution < 1.29 is 0 Å². The molecule has 0 bridgehead atoms. The first kappa shape index (κ1) is 15.3. The Hall–Kier alpha value is -0.730. The van der Waals surface area contributed by atoms with Crippen LogP contribution in [0.25, 0.3) is 0 Å². The molecular formula is C13H29N3. The van der Waals surface area contributed by atoms with E-state index in [0.29, 0.717) is 12.0 Å². The van der Waals surface area contributed by atoms with Crippen LogP contribution in [0.1, 0.15) is 54.4 Å². The molecule has 4 N–H and O–H groups in total. The zero-order chi connectivity index (χ0) is 13.0. The van der Waals surface area contributed by atoms with Crippen molar-refractivity contribution in [3.63, 3.8) is 0 Å². The van der Waals surface area contributed by atoms with Gasteiger partial charge in [-0.3, -0.25) is 4.99 Å². The minimum atomic E-state index is 0.155. The predicted octanol–water partition coefficient (Wildman–Crippen LogP) is 2.75. The zero-order valence-corrected chi connectivity index (χ0v) is 11.8. The van der Waals surface area contributed by atoms with Gasteiger partial charge in [0.05, 0.1) is 0 Å². The second kappa shape index (κ2) is 5.55. The van der Waals surface area contributed by atoms with Crippen LogP contribution in [0.15, 0.2) is 4.99 Å². The molecule has 16 heavy (non-hydrogen) atoms. The van der Waals surface area contributed by atoms with Gasteiger partial charge in [-0.2, -0.15) is 0 Å². The Morgan fingerprint density at radius 2 is 1.56 bits per heavy atom. The SMILES string of the molecule is CC(C)CC(C)(C)CC(C)(C)CN=C(N)N. The average molecular weight is 227 g/mol. The summed E-state index contributed by atoms with van der Waals surface area (Å²) in [5.41, 5.74) is 11.2. The van der Waals surface area contributed by atoms with Gasteiger partial charge >= 0.3 is 0 Å². The van der Waals surface area contributed by atoms with Crippen molar-refractivity contribution in [3.8, 4) is 0 Å². The predicted molar refractivity (Wildman–Crippen MR) is 72.3 cm³/mol. The molecule has 0 spiro atoms. The van der Waals surface area contributed by atoms with Crippen LogP contribution in [0.4, 0.5) is 0 Å². The van der Waals surface area contributed by atoms with E-state index < -0.39 is 0 Å². The molecule has 0 aliphatic carbocycles. The van der Waals surface area contributed by atoms with Crippen LogP contribution in [0.2, 0.25) is 0 Å². The number of rotatable bonds is 6. The number of aliphatic imine (C=N–C) groups is 1. The van der Waals surface area contributed by atoms with E-state index in [1.165, 1.54) is 6.42 Å². The highest BCUT2D eigenvalue weighted by molar-refractivity contribution is 5.75. The number of hydrogen-bond acceptors (Lipinski definition) is 1. The van der Waals surface area contributed by atoms with Gasteiger partial charge < -0.3 is 11.5 Å². The van der Waals surface area contributed by atoms with Gasteiger partial charge in [0.2, 0.25) is 0 Å². The summed E-state index contributed by atoms with van der Waals surface area (Å²) in [5, 5.41) is 0. The third kappa shape index (κ3) is 7.55. The molecule has 0 saturated carbocycles. The summed E-state index contributed by atoms with van der Waals surface area (Å²) < 4.78 is 0. The molecule has 0 saturated heterocycles. The fraction of sp³-hybridized carbons (Fsp3) is 0.923. The summed E-state index contributed by atoms with van der Waals surface area (Å²) in [6.07, 6.45) is 2.37. The van der Waals surface area contributed by atoms with Crippen LogP contribution >= 0.6 is 0 Å². The lowest BCUT2D eigenvalue weighted by Crippen LogP contribution is -2.30. The molecule has 0 aliphatic rings. The van der Waals surface area contributed by atoms with Gasteiger partial charge in [-0.1, -0.05) is 41.5 Å². The van der Waals surface area contributed by atoms with Crippen LogP contribution in [-0.4, -0.2) is 12.5 Å². The standard InChI is InChI=1S/C13H29N3/c1-10(2)7-12(3,4)8-13(5,6)9-16-11(14)15/h10H,7-9H2,1-6H3,(H4,14,15,16). The van der Waals surface area contributed by atoms with Crippen LogP contribution < -0.4 is 11.5 Å². The van der Waals surface area contributed by atoms with Gasteiger partial charge in [0.1, 0.15) is 0 Å². The van der Waals surface area contributed by atoms with E-state index in [9.17, 15) is 0 Å². The second-order valence-corrected chi connectivity index (χ2v) is 6.84. The Bertz CT molecular complexity index is 236. The summed E-state index contributed by atoms with van der Waals surface area (Å²) in [4.78, 5) is 4.13. The molecular weight excluding hydrogens is 198 g/mol. The normalized spacial score (nSPS) is 12.9. The van der Waals surface area contributed by atoms with Crippen molar-refractivity contribution in [3.05, 3.63) is 0 Å². The van der Waals surface area contributed by atoms with Crippen LogP contribution in [0.3, 0.4) is 0 Å². The first-order valence-corrected chi connectivity index (χ1v) is 6.09. The minimum Gasteiger partial charge on any atom is -0.370 e. The van der Waals surface area contributed by atoms with Crippen molar-refractivity contribution in [2.45, 2.75) is 54.4 Å². The van der Waals surface area contributed by atoms with Crippen molar-refractivity contribution in [1.29, 1.82) is 0 Å². The summed E-state index contributed by atoms with van der Waals surface area (Å²) in [6.45, 7) is 14.3. The first-order chi connectivity index (χ1) is 7.04. The third-order valence-electron chi connectivity index (χ3n) is 2.61. The molecule has 0 radical (unpaired) electrons. The number of nitrogens with two attached hydrogens (primary N) is 2. The Balaban J connectivity index is 4.39. The molecule has 96 valence electrons. The lowest BCUT2D eigenvalue weighted by molar-refractivity contribution is 0.171. The Kier molecular flexibility index (Phi) is 5.30. The maximum Gasteiger partial charge on any atom is 0.185 e. The van der Waals surface area contributed by atoms with Gasteiger partial charge in [0.15, 0.2) is 5.96 Å². The van der Waals surface area contributed by atoms with E-state index >= 15 is 0 Å². The minimum absolute atomic E-state index is 0.155. The van der Waals surface area contributed by atoms with Gasteiger partial charge in [0.25, 0.3) is 0 Å². The molecule has 0 fully saturated rings. The molecule has 0 amide bonds. The maximum atomic E-state index is 5.37. The highest BCUT2D eigenvalue weighted by Crippen LogP contribution is 2.38. The molecule has 3 nitrogen and oxygen atoms in total. The smallest absolute Gasteiger partial charge is 0.185 e. The molecule has 0 aromatic rings. The van der Waals surface area contributed by atoms with E-state index in [1.807, 2.05) is 0 Å². The highest BCUT2D eigenvalue weighted by atomic mass is 15.0. The molecule has 3 heteroatoms. The number of hydrogen-bond donors (Lipinski definition) is 2. The van der Waals surface area contributed by atoms with Crippen molar-refractivity contribution in [1.82, 2.24) is 0 Å². The molecule has 0 aromatic carbocycles. The fourth-order valence-corrected chi connectivity index (χ4v) is 2.83. The van der Waals surface area contributed by atoms with Gasteiger partial charge in [0, 0.05) is 6.54 Å². The molecule has 0 aromatic heterocycles.